The smallest absolute Gasteiger partial charge is 0.246 e. The van der Waals surface area contributed by atoms with E-state index < -0.39 is 17.5 Å². The highest BCUT2D eigenvalue weighted by molar-refractivity contribution is 7.13. The fourth-order valence-corrected chi connectivity index (χ4v) is 6.17. The minimum Gasteiger partial charge on any atom is -0.348 e. The van der Waals surface area contributed by atoms with Crippen LogP contribution in [0.2, 0.25) is 0 Å². The first-order chi connectivity index (χ1) is 18.1. The van der Waals surface area contributed by atoms with E-state index in [0.717, 1.165) is 54.0 Å². The lowest BCUT2D eigenvalue weighted by Crippen LogP contribution is -2.58. The van der Waals surface area contributed by atoms with Gasteiger partial charge in [-0.1, -0.05) is 45.0 Å². The first-order valence-electron chi connectivity index (χ1n) is 13.7. The van der Waals surface area contributed by atoms with Gasteiger partial charge in [0.15, 0.2) is 0 Å². The monoisotopic (exact) mass is 539 g/mol. The Morgan fingerprint density at radius 2 is 1.74 bits per heavy atom. The van der Waals surface area contributed by atoms with E-state index in [-0.39, 0.29) is 29.7 Å². The number of benzene rings is 1. The molecule has 9 heteroatoms. The third kappa shape index (κ3) is 6.43. The van der Waals surface area contributed by atoms with Gasteiger partial charge >= 0.3 is 0 Å². The van der Waals surface area contributed by atoms with Crippen LogP contribution < -0.4 is 16.0 Å². The van der Waals surface area contributed by atoms with Crippen molar-refractivity contribution in [1.29, 1.82) is 0 Å². The van der Waals surface area contributed by atoms with Crippen LogP contribution in [0.3, 0.4) is 0 Å². The highest BCUT2D eigenvalue weighted by Crippen LogP contribution is 2.29. The zero-order valence-corrected chi connectivity index (χ0v) is 24.0. The van der Waals surface area contributed by atoms with E-state index in [1.54, 1.807) is 16.2 Å². The summed E-state index contributed by atoms with van der Waals surface area (Å²) in [6, 6.07) is 6.76. The molecule has 2 aliphatic rings. The number of rotatable bonds is 7. The third-order valence-electron chi connectivity index (χ3n) is 7.73. The molecule has 2 aromatic rings. The second-order valence-electron chi connectivity index (χ2n) is 11.6. The molecular weight excluding hydrogens is 498 g/mol. The van der Waals surface area contributed by atoms with Gasteiger partial charge in [-0.3, -0.25) is 14.4 Å². The number of aryl methyl sites for hydroxylation is 1. The number of nitrogens with one attached hydrogen (secondary N) is 3. The predicted molar refractivity (Wildman–Crippen MR) is 151 cm³/mol. The van der Waals surface area contributed by atoms with Crippen molar-refractivity contribution >= 4 is 29.1 Å². The molecule has 1 aromatic carbocycles. The summed E-state index contributed by atoms with van der Waals surface area (Å²) in [4.78, 5) is 47.3. The van der Waals surface area contributed by atoms with Gasteiger partial charge in [0.05, 0.1) is 22.1 Å². The molecule has 0 spiro atoms. The van der Waals surface area contributed by atoms with Crippen LogP contribution in [0.4, 0.5) is 0 Å². The molecule has 38 heavy (non-hydrogen) atoms. The summed E-state index contributed by atoms with van der Waals surface area (Å²) < 4.78 is 0. The van der Waals surface area contributed by atoms with E-state index in [1.807, 2.05) is 52.3 Å². The van der Waals surface area contributed by atoms with Gasteiger partial charge in [-0.15, -0.1) is 11.3 Å². The molecule has 0 bridgehead atoms. The molecule has 4 rings (SSSR count). The molecule has 2 saturated heterocycles. The normalized spacial score (nSPS) is 20.1. The molecule has 2 aliphatic heterocycles. The number of carbonyl (C=O) groups is 3. The maximum atomic E-state index is 13.8. The Hall–Kier alpha value is -2.78. The summed E-state index contributed by atoms with van der Waals surface area (Å²) in [5.74, 6) is -0.471. The Morgan fingerprint density at radius 1 is 1.05 bits per heavy atom. The predicted octanol–water partition coefficient (Wildman–Crippen LogP) is 3.82. The molecule has 8 nitrogen and oxygen atoms in total. The Kier molecular flexibility index (Phi) is 8.88. The summed E-state index contributed by atoms with van der Waals surface area (Å²) in [5.41, 5.74) is 4.49. The molecule has 3 N–H and O–H groups in total. The van der Waals surface area contributed by atoms with Gasteiger partial charge in [0.25, 0.3) is 0 Å². The number of amides is 3. The average molecular weight is 540 g/mol. The average Bonchev–Trinajstić information content (AvgIpc) is 3.56. The zero-order valence-electron chi connectivity index (χ0n) is 23.2. The SMILES string of the molecule is Cc1ncsc1-c1ccc([C@H](C)NC(=O)[C@@H]2CCCN2C(=O)[C@@H](NC(=O)C2CCNCC2)C(C)(C)C)cc1. The van der Waals surface area contributed by atoms with E-state index >= 15 is 0 Å². The molecule has 0 saturated carbocycles. The molecule has 0 aliphatic carbocycles. The van der Waals surface area contributed by atoms with Crippen molar-refractivity contribution in [3.8, 4) is 10.4 Å². The summed E-state index contributed by atoms with van der Waals surface area (Å²) in [6.45, 7) is 12.0. The molecule has 3 amide bonds. The van der Waals surface area contributed by atoms with Crippen molar-refractivity contribution in [2.75, 3.05) is 19.6 Å². The van der Waals surface area contributed by atoms with Crippen molar-refractivity contribution < 1.29 is 14.4 Å². The number of carbonyl (C=O) groups excluding carboxylic acids is 3. The van der Waals surface area contributed by atoms with Crippen LogP contribution in [0.25, 0.3) is 10.4 Å². The summed E-state index contributed by atoms with van der Waals surface area (Å²) in [5, 5.41) is 9.45. The molecular formula is C29H41N5O3S. The molecule has 3 atom stereocenters. The first-order valence-corrected chi connectivity index (χ1v) is 14.6. The number of likely N-dealkylation sites (tertiary alicyclic amines) is 1. The van der Waals surface area contributed by atoms with Crippen LogP contribution in [0.5, 0.6) is 0 Å². The summed E-state index contributed by atoms with van der Waals surface area (Å²) >= 11 is 1.62. The molecule has 0 radical (unpaired) electrons. The molecule has 1 aromatic heterocycles. The molecule has 3 heterocycles. The lowest BCUT2D eigenvalue weighted by Gasteiger charge is -2.36. The minimum atomic E-state index is -0.682. The van der Waals surface area contributed by atoms with Gasteiger partial charge in [0, 0.05) is 12.5 Å². The second-order valence-corrected chi connectivity index (χ2v) is 12.5. The van der Waals surface area contributed by atoms with E-state index in [9.17, 15) is 14.4 Å². The van der Waals surface area contributed by atoms with E-state index in [0.29, 0.717) is 13.0 Å². The summed E-state index contributed by atoms with van der Waals surface area (Å²) in [6.07, 6.45) is 2.93. The maximum absolute atomic E-state index is 13.8. The summed E-state index contributed by atoms with van der Waals surface area (Å²) in [7, 11) is 0. The van der Waals surface area contributed by atoms with E-state index in [1.165, 1.54) is 0 Å². The Morgan fingerprint density at radius 3 is 2.34 bits per heavy atom. The zero-order chi connectivity index (χ0) is 27.4. The van der Waals surface area contributed by atoms with Gasteiger partial charge in [-0.05, 0) is 69.2 Å². The number of piperidine rings is 1. The number of nitrogens with zero attached hydrogens (tertiary/aromatic N) is 2. The quantitative estimate of drug-likeness (QED) is 0.496. The number of aromatic nitrogens is 1. The fourth-order valence-electron chi connectivity index (χ4n) is 5.36. The Labute approximate surface area is 230 Å². The van der Waals surface area contributed by atoms with Crippen LogP contribution in [0.15, 0.2) is 29.8 Å². The van der Waals surface area contributed by atoms with Gasteiger partial charge in [-0.2, -0.15) is 0 Å². The van der Waals surface area contributed by atoms with Gasteiger partial charge < -0.3 is 20.9 Å². The number of thiazole rings is 1. The van der Waals surface area contributed by atoms with Crippen LogP contribution >= 0.6 is 11.3 Å². The Balaban J connectivity index is 1.41. The number of hydrogen-bond donors (Lipinski definition) is 3. The van der Waals surface area contributed by atoms with Crippen LogP contribution in [0, 0.1) is 18.3 Å². The lowest BCUT2D eigenvalue weighted by atomic mass is 9.84. The van der Waals surface area contributed by atoms with Crippen molar-refractivity contribution in [3.63, 3.8) is 0 Å². The van der Waals surface area contributed by atoms with Crippen molar-refractivity contribution in [1.82, 2.24) is 25.8 Å². The van der Waals surface area contributed by atoms with Crippen molar-refractivity contribution in [2.45, 2.75) is 78.4 Å². The second kappa shape index (κ2) is 11.9. The first kappa shape index (κ1) is 28.2. The van der Waals surface area contributed by atoms with E-state index in [4.69, 9.17) is 0 Å². The highest BCUT2D eigenvalue weighted by atomic mass is 32.1. The molecule has 2 fully saturated rings. The fraction of sp³-hybridized carbons (Fsp3) is 0.586. The van der Waals surface area contributed by atoms with Gasteiger partial charge in [0.1, 0.15) is 12.1 Å². The molecule has 206 valence electrons. The van der Waals surface area contributed by atoms with Crippen LogP contribution in [-0.4, -0.2) is 59.3 Å². The van der Waals surface area contributed by atoms with Crippen LogP contribution in [0.1, 0.15) is 70.7 Å². The van der Waals surface area contributed by atoms with E-state index in [2.05, 4.69) is 33.1 Å². The topological polar surface area (TPSA) is 103 Å². The Bertz CT molecular complexity index is 1130. The third-order valence-corrected chi connectivity index (χ3v) is 8.70. The van der Waals surface area contributed by atoms with Crippen molar-refractivity contribution in [2.24, 2.45) is 11.3 Å². The lowest BCUT2D eigenvalue weighted by molar-refractivity contribution is -0.144. The van der Waals surface area contributed by atoms with Crippen LogP contribution in [-0.2, 0) is 14.4 Å². The van der Waals surface area contributed by atoms with Gasteiger partial charge in [0.2, 0.25) is 17.7 Å². The van der Waals surface area contributed by atoms with Crippen molar-refractivity contribution in [3.05, 3.63) is 41.0 Å². The van der Waals surface area contributed by atoms with Gasteiger partial charge in [-0.25, -0.2) is 4.98 Å². The minimum absolute atomic E-state index is 0.0643. The maximum Gasteiger partial charge on any atom is 0.246 e. The highest BCUT2D eigenvalue weighted by Gasteiger charge is 2.42. The standard InChI is InChI=1S/C29H41N5O3S/c1-18(20-8-10-21(11-9-20)24-19(2)31-17-38-24)32-27(36)23-7-6-16-34(23)28(37)25(29(3,4)5)33-26(35)22-12-14-30-15-13-22/h8-11,17-18,22-23,25,30H,6-7,12-16H2,1-5H3,(H,32,36)(H,33,35)/t18-,23-,25+/m0/s1. The largest absolute Gasteiger partial charge is 0.348 e. The molecule has 0 unspecified atom stereocenters. The number of hydrogen-bond acceptors (Lipinski definition) is 6.